The smallest absolute Gasteiger partial charge is 0.316 e. The lowest BCUT2D eigenvalue weighted by atomic mass is 10.1. The monoisotopic (exact) mass is 316 g/mol. The van der Waals surface area contributed by atoms with Crippen molar-refractivity contribution in [1.82, 2.24) is 4.98 Å². The molecule has 0 N–H and O–H groups in total. The van der Waals surface area contributed by atoms with Crippen molar-refractivity contribution in [2.75, 3.05) is 19.0 Å². The fourth-order valence-corrected chi connectivity index (χ4v) is 2.67. The van der Waals surface area contributed by atoms with Gasteiger partial charge in [0.05, 0.1) is 30.0 Å². The maximum Gasteiger partial charge on any atom is 0.316 e. The summed E-state index contributed by atoms with van der Waals surface area (Å²) in [5.74, 6) is 0.565. The van der Waals surface area contributed by atoms with Crippen molar-refractivity contribution >= 4 is 28.6 Å². The van der Waals surface area contributed by atoms with Crippen LogP contribution in [0.3, 0.4) is 0 Å². The number of pyridine rings is 1. The highest BCUT2D eigenvalue weighted by Gasteiger charge is 2.11. The zero-order valence-corrected chi connectivity index (χ0v) is 13.3. The Morgan fingerprint density at radius 2 is 2.14 bits per heavy atom. The van der Waals surface area contributed by atoms with Crippen LogP contribution in [0, 0.1) is 11.3 Å². The summed E-state index contributed by atoms with van der Waals surface area (Å²) in [6, 6.07) is 9.42. The molecule has 0 unspecified atom stereocenters. The SMILES string of the molecule is CCOC(=O)CSc1nc2ccc(OCC)cc2cc1C#N. The molecule has 6 heteroatoms. The third-order valence-corrected chi connectivity index (χ3v) is 3.78. The molecule has 0 radical (unpaired) electrons. The van der Waals surface area contributed by atoms with Gasteiger partial charge in [-0.25, -0.2) is 4.98 Å². The van der Waals surface area contributed by atoms with E-state index in [-0.39, 0.29) is 11.7 Å². The third kappa shape index (κ3) is 3.89. The largest absolute Gasteiger partial charge is 0.494 e. The van der Waals surface area contributed by atoms with Gasteiger partial charge >= 0.3 is 5.97 Å². The van der Waals surface area contributed by atoms with Crippen molar-refractivity contribution in [3.05, 3.63) is 29.8 Å². The topological polar surface area (TPSA) is 72.2 Å². The number of aromatic nitrogens is 1. The summed E-state index contributed by atoms with van der Waals surface area (Å²) in [7, 11) is 0. The van der Waals surface area contributed by atoms with Crippen molar-refractivity contribution in [3.63, 3.8) is 0 Å². The highest BCUT2D eigenvalue weighted by atomic mass is 32.2. The minimum absolute atomic E-state index is 0.137. The Balaban J connectivity index is 2.29. The first-order valence-corrected chi connectivity index (χ1v) is 7.92. The summed E-state index contributed by atoms with van der Waals surface area (Å²) >= 11 is 1.21. The maximum atomic E-state index is 11.4. The third-order valence-electron chi connectivity index (χ3n) is 2.81. The molecule has 1 heterocycles. The Bertz CT molecular complexity index is 725. The molecule has 0 spiro atoms. The molecule has 0 saturated carbocycles. The molecule has 5 nitrogen and oxygen atoms in total. The van der Waals surface area contributed by atoms with Gasteiger partial charge in [-0.05, 0) is 38.1 Å². The van der Waals surface area contributed by atoms with Crippen molar-refractivity contribution in [2.24, 2.45) is 0 Å². The lowest BCUT2D eigenvalue weighted by molar-refractivity contribution is -0.139. The summed E-state index contributed by atoms with van der Waals surface area (Å²) in [5.41, 5.74) is 1.20. The second kappa shape index (κ2) is 7.66. The Kier molecular flexibility index (Phi) is 5.61. The van der Waals surface area contributed by atoms with Crippen LogP contribution in [0.5, 0.6) is 5.75 Å². The predicted octanol–water partition coefficient (Wildman–Crippen LogP) is 3.16. The number of esters is 1. The number of carbonyl (C=O) groups excluding carboxylic acids is 1. The van der Waals surface area contributed by atoms with Crippen LogP contribution in [0.1, 0.15) is 19.4 Å². The van der Waals surface area contributed by atoms with E-state index in [1.165, 1.54) is 11.8 Å². The average molecular weight is 316 g/mol. The van der Waals surface area contributed by atoms with Gasteiger partial charge in [-0.3, -0.25) is 4.79 Å². The van der Waals surface area contributed by atoms with E-state index in [0.29, 0.717) is 23.8 Å². The average Bonchev–Trinajstić information content (AvgIpc) is 2.52. The molecule has 0 fully saturated rings. The molecule has 0 saturated heterocycles. The molecule has 0 amide bonds. The van der Waals surface area contributed by atoms with Crippen LogP contribution < -0.4 is 4.74 Å². The van der Waals surface area contributed by atoms with Crippen molar-refractivity contribution in [2.45, 2.75) is 18.9 Å². The Hall–Kier alpha value is -2.26. The van der Waals surface area contributed by atoms with Crippen LogP contribution in [-0.2, 0) is 9.53 Å². The van der Waals surface area contributed by atoms with E-state index in [0.717, 1.165) is 16.7 Å². The number of hydrogen-bond donors (Lipinski definition) is 0. The van der Waals surface area contributed by atoms with E-state index in [1.54, 1.807) is 13.0 Å². The molecule has 0 atom stereocenters. The summed E-state index contributed by atoms with van der Waals surface area (Å²) in [4.78, 5) is 15.9. The van der Waals surface area contributed by atoms with Crippen LogP contribution in [0.15, 0.2) is 29.3 Å². The van der Waals surface area contributed by atoms with E-state index in [1.807, 2.05) is 25.1 Å². The molecule has 1 aromatic carbocycles. The van der Waals surface area contributed by atoms with E-state index in [2.05, 4.69) is 11.1 Å². The number of fused-ring (bicyclic) bond motifs is 1. The zero-order chi connectivity index (χ0) is 15.9. The van der Waals surface area contributed by atoms with Gasteiger partial charge in [0.25, 0.3) is 0 Å². The van der Waals surface area contributed by atoms with Crippen LogP contribution in [0.2, 0.25) is 0 Å². The van der Waals surface area contributed by atoms with Gasteiger partial charge in [0.1, 0.15) is 16.8 Å². The fourth-order valence-electron chi connectivity index (χ4n) is 1.91. The summed E-state index contributed by atoms with van der Waals surface area (Å²) in [5, 5.41) is 10.6. The number of benzene rings is 1. The van der Waals surface area contributed by atoms with Crippen LogP contribution in [0.4, 0.5) is 0 Å². The van der Waals surface area contributed by atoms with Crippen molar-refractivity contribution < 1.29 is 14.3 Å². The number of ether oxygens (including phenoxy) is 2. The molecule has 2 rings (SSSR count). The van der Waals surface area contributed by atoms with E-state index in [4.69, 9.17) is 9.47 Å². The second-order valence-corrected chi connectivity index (χ2v) is 5.30. The van der Waals surface area contributed by atoms with Gasteiger partial charge in [-0.15, -0.1) is 0 Å². The Morgan fingerprint density at radius 3 is 2.82 bits per heavy atom. The lowest BCUT2D eigenvalue weighted by Gasteiger charge is -2.07. The normalized spacial score (nSPS) is 10.2. The quantitative estimate of drug-likeness (QED) is 0.602. The van der Waals surface area contributed by atoms with E-state index >= 15 is 0 Å². The molecule has 0 aliphatic rings. The maximum absolute atomic E-state index is 11.4. The summed E-state index contributed by atoms with van der Waals surface area (Å²) in [6.45, 7) is 4.60. The van der Waals surface area contributed by atoms with Gasteiger partial charge in [0.15, 0.2) is 0 Å². The molecule has 22 heavy (non-hydrogen) atoms. The molecule has 0 aliphatic heterocycles. The molecule has 1 aromatic heterocycles. The minimum Gasteiger partial charge on any atom is -0.494 e. The van der Waals surface area contributed by atoms with Gasteiger partial charge < -0.3 is 9.47 Å². The lowest BCUT2D eigenvalue weighted by Crippen LogP contribution is -2.07. The van der Waals surface area contributed by atoms with E-state index in [9.17, 15) is 10.1 Å². The number of nitriles is 1. The van der Waals surface area contributed by atoms with Gasteiger partial charge in [-0.1, -0.05) is 11.8 Å². The van der Waals surface area contributed by atoms with Gasteiger partial charge in [0.2, 0.25) is 0 Å². The van der Waals surface area contributed by atoms with Crippen molar-refractivity contribution in [3.8, 4) is 11.8 Å². The van der Waals surface area contributed by atoms with Crippen LogP contribution >= 0.6 is 11.8 Å². The Labute approximate surface area is 133 Å². The second-order valence-electron chi connectivity index (χ2n) is 4.33. The summed E-state index contributed by atoms with van der Waals surface area (Å²) < 4.78 is 10.3. The molecule has 114 valence electrons. The fraction of sp³-hybridized carbons (Fsp3) is 0.312. The van der Waals surface area contributed by atoms with Gasteiger partial charge in [0, 0.05) is 5.39 Å². The number of nitrogens with zero attached hydrogens (tertiary/aromatic N) is 2. The van der Waals surface area contributed by atoms with Crippen LogP contribution in [0.25, 0.3) is 10.9 Å². The van der Waals surface area contributed by atoms with Gasteiger partial charge in [-0.2, -0.15) is 5.26 Å². The summed E-state index contributed by atoms with van der Waals surface area (Å²) in [6.07, 6.45) is 0. The van der Waals surface area contributed by atoms with E-state index < -0.39 is 0 Å². The number of hydrogen-bond acceptors (Lipinski definition) is 6. The highest BCUT2D eigenvalue weighted by Crippen LogP contribution is 2.27. The highest BCUT2D eigenvalue weighted by molar-refractivity contribution is 7.99. The minimum atomic E-state index is -0.315. The predicted molar refractivity (Wildman–Crippen MR) is 85.0 cm³/mol. The van der Waals surface area contributed by atoms with Crippen molar-refractivity contribution in [1.29, 1.82) is 5.26 Å². The zero-order valence-electron chi connectivity index (χ0n) is 12.5. The first-order valence-electron chi connectivity index (χ1n) is 6.94. The first-order chi connectivity index (χ1) is 10.7. The number of thioether (sulfide) groups is 1. The first kappa shape index (κ1) is 16.1. The number of carbonyl (C=O) groups is 1. The number of rotatable bonds is 6. The van der Waals surface area contributed by atoms with Crippen LogP contribution in [-0.4, -0.2) is 29.9 Å². The molecular formula is C16H16N2O3S. The molecular weight excluding hydrogens is 300 g/mol. The Morgan fingerprint density at radius 1 is 1.32 bits per heavy atom. The standard InChI is InChI=1S/C16H16N2O3S/c1-3-20-13-5-6-14-11(8-13)7-12(9-17)16(18-14)22-10-15(19)21-4-2/h5-8H,3-4,10H2,1-2H3. The molecule has 0 aliphatic carbocycles. The molecule has 2 aromatic rings. The molecule has 0 bridgehead atoms.